The molecule has 0 spiro atoms. The summed E-state index contributed by atoms with van der Waals surface area (Å²) >= 11 is 1.89. The SMILES string of the molecule is c1ccc(-c2ccc(N(c3ccccc3)c3ccc(-n4c5cccc6c7ccccc7n7c8ccccc8c8ccc4c(c65)c87)cc3)cc2)cc1.c1ccc(N(c2cccc(-n3c4cccc5c6ccccc6n6c7ccccc7c7ccc3c(c54)c76)c2)c2ccc3ccccc3c2)cc1.c1ccc2c(c1)sc1c(-c3ccc(-n4c5cccc6c7ccccc7n7c8ccccc8c8ccc4c(c65)c87)cc3)cccc12. The number of benzene rings is 23. The van der Waals surface area contributed by atoms with Crippen molar-refractivity contribution in [3.05, 3.63) is 510 Å². The van der Waals surface area contributed by atoms with E-state index in [0.29, 0.717) is 0 Å². The minimum Gasteiger partial charge on any atom is -0.311 e. The molecule has 0 saturated heterocycles. The maximum Gasteiger partial charge on any atom is 0.0641 e. The lowest BCUT2D eigenvalue weighted by atomic mass is 10.0. The average molecular weight is 1860 g/mol. The van der Waals surface area contributed by atoms with Gasteiger partial charge in [-0.1, -0.05) is 328 Å². The zero-order valence-electron chi connectivity index (χ0n) is 78.5. The molecule has 0 N–H and O–H groups in total. The van der Waals surface area contributed by atoms with Gasteiger partial charge in [0.15, 0.2) is 0 Å². The molecule has 0 atom stereocenters. The van der Waals surface area contributed by atoms with Gasteiger partial charge in [-0.05, 0) is 231 Å². The number of aromatic nitrogens is 6. The van der Waals surface area contributed by atoms with Gasteiger partial charge < -0.3 is 36.7 Å². The minimum absolute atomic E-state index is 1.11. The van der Waals surface area contributed by atoms with Crippen molar-refractivity contribution in [3.8, 4) is 39.3 Å². The van der Waals surface area contributed by atoms with Gasteiger partial charge in [0.1, 0.15) is 0 Å². The van der Waals surface area contributed by atoms with Crippen molar-refractivity contribution in [2.45, 2.75) is 0 Å². The molecule has 10 heterocycles. The highest BCUT2D eigenvalue weighted by molar-refractivity contribution is 7.26. The monoisotopic (exact) mass is 1860 g/mol. The van der Waals surface area contributed by atoms with Gasteiger partial charge in [0.25, 0.3) is 0 Å². The number of nitrogens with zero attached hydrogens (tertiary/aromatic N) is 8. The number of anilines is 6. The van der Waals surface area contributed by atoms with Crippen LogP contribution in [-0.4, -0.2) is 26.9 Å². The van der Waals surface area contributed by atoms with E-state index in [2.05, 4.69) is 546 Å². The lowest BCUT2D eigenvalue weighted by Crippen LogP contribution is -2.10. The van der Waals surface area contributed by atoms with Crippen LogP contribution in [0.5, 0.6) is 0 Å². The van der Waals surface area contributed by atoms with Crippen LogP contribution >= 0.6 is 11.3 Å². The van der Waals surface area contributed by atoms with Crippen LogP contribution in [0, 0.1) is 0 Å². The highest BCUT2D eigenvalue weighted by Gasteiger charge is 2.30. The van der Waals surface area contributed by atoms with E-state index in [1.54, 1.807) is 0 Å². The van der Waals surface area contributed by atoms with E-state index in [-0.39, 0.29) is 0 Å². The maximum atomic E-state index is 2.50. The molecule has 0 bridgehead atoms. The van der Waals surface area contributed by atoms with Crippen molar-refractivity contribution in [2.24, 2.45) is 0 Å². The van der Waals surface area contributed by atoms with E-state index < -0.39 is 0 Å². The first-order valence-electron chi connectivity index (χ1n) is 49.9. The fourth-order valence-electron chi connectivity index (χ4n) is 24.8. The molecule has 23 aromatic carbocycles. The molecule has 0 saturated carbocycles. The Hall–Kier alpha value is -19.1. The third-order valence-corrected chi connectivity index (χ3v) is 32.1. The molecule has 9 heteroatoms. The standard InChI is InChI=1S/C48H31N3.C46H29N3.C42H24N2S/c1-3-12-32(13-4-1)33-22-24-35(25-23-33)49(34-14-5-2-6-15-34)36-26-28-37(29-27-36)50-44-21-11-18-40-38-16-7-9-19-42(38)51-43-20-10-8-17-39(43)41-30-31-45(50)47(46(40)44)48(41)51;1-2-14-32(15-3-1)47(35-25-24-30-12-4-5-13-31(30)28-35)33-16-10-17-34(29-33)48-42-23-11-20-38-36-18-6-8-21-40(36)49-41-22-9-7-19-37(41)39-26-27-43(48)45(44(38)42)46(39)49;1-4-15-34-28(9-1)31-13-8-17-36-39(31)40-37(24-23-32-29-10-2-5-16-35(29)44(34)41(32)40)43(36)26-21-19-25(20-22-26)27-12-7-14-33-30-11-3-6-18-38(30)45-42(27)33/h1-31H;1-29H;1-24H. The summed E-state index contributed by atoms with van der Waals surface area (Å²) in [5.74, 6) is 0. The average Bonchev–Trinajstić information content (AvgIpc) is 1.53. The Morgan fingerprint density at radius 2 is 0.462 bits per heavy atom. The zero-order valence-corrected chi connectivity index (χ0v) is 79.3. The summed E-state index contributed by atoms with van der Waals surface area (Å²) in [7, 11) is 0. The summed E-state index contributed by atoms with van der Waals surface area (Å²) in [6.45, 7) is 0. The number of thiophene rings is 1. The predicted octanol–water partition coefficient (Wildman–Crippen LogP) is 37.6. The number of hydrogen-bond acceptors (Lipinski definition) is 3. The highest BCUT2D eigenvalue weighted by atomic mass is 32.1. The molecule has 674 valence electrons. The van der Waals surface area contributed by atoms with Crippen molar-refractivity contribution in [1.82, 2.24) is 26.9 Å². The Morgan fingerprint density at radius 1 is 0.159 bits per heavy atom. The fraction of sp³-hybridized carbons (Fsp3) is 0. The van der Waals surface area contributed by atoms with Crippen molar-refractivity contribution < 1.29 is 0 Å². The summed E-state index contributed by atoms with van der Waals surface area (Å²) < 4.78 is 17.6. The smallest absolute Gasteiger partial charge is 0.0641 e. The third kappa shape index (κ3) is 12.0. The zero-order chi connectivity index (χ0) is 94.7. The Kier molecular flexibility index (Phi) is 17.7. The van der Waals surface area contributed by atoms with Gasteiger partial charge in [-0.15, -0.1) is 11.3 Å². The number of para-hydroxylation sites is 8. The molecule has 0 radical (unpaired) electrons. The van der Waals surface area contributed by atoms with Crippen LogP contribution < -0.4 is 9.80 Å². The van der Waals surface area contributed by atoms with Crippen LogP contribution in [0.1, 0.15) is 0 Å². The Labute approximate surface area is 835 Å². The third-order valence-electron chi connectivity index (χ3n) is 30.9. The second kappa shape index (κ2) is 31.7. The van der Waals surface area contributed by atoms with Crippen LogP contribution in [-0.2, 0) is 0 Å². The topological polar surface area (TPSA) is 34.5 Å². The molecule has 0 unspecified atom stereocenters. The van der Waals surface area contributed by atoms with Crippen molar-refractivity contribution >= 4 is 256 Å². The summed E-state index contributed by atoms with van der Waals surface area (Å²) in [5.41, 5.74) is 33.7. The minimum atomic E-state index is 1.11. The van der Waals surface area contributed by atoms with Crippen molar-refractivity contribution in [2.75, 3.05) is 9.80 Å². The van der Waals surface area contributed by atoms with Gasteiger partial charge in [0.05, 0.1) is 82.8 Å². The molecule has 0 aliphatic heterocycles. The summed E-state index contributed by atoms with van der Waals surface area (Å²) in [6.07, 6.45) is 0. The van der Waals surface area contributed by atoms with Gasteiger partial charge in [0.2, 0.25) is 0 Å². The lowest BCUT2D eigenvalue weighted by molar-refractivity contribution is 1.17. The van der Waals surface area contributed by atoms with Crippen LogP contribution in [0.4, 0.5) is 34.1 Å². The summed E-state index contributed by atoms with van der Waals surface area (Å²) in [6, 6.07) is 186. The van der Waals surface area contributed by atoms with E-state index in [1.807, 2.05) is 11.3 Å². The number of hydrogen-bond donors (Lipinski definition) is 0. The van der Waals surface area contributed by atoms with Gasteiger partial charge in [0, 0.05) is 152 Å². The fourth-order valence-corrected chi connectivity index (χ4v) is 26.1. The van der Waals surface area contributed by atoms with Crippen LogP contribution in [0.25, 0.3) is 250 Å². The molecule has 0 aliphatic carbocycles. The molecule has 33 aromatic rings. The largest absolute Gasteiger partial charge is 0.311 e. The normalized spacial score (nSPS) is 12.1. The Bertz CT molecular complexity index is 11100. The number of rotatable bonds is 11. The molecule has 0 aliphatic rings. The lowest BCUT2D eigenvalue weighted by Gasteiger charge is -2.26. The molecular formula is C136H84N8S. The second-order valence-corrected chi connectivity index (χ2v) is 39.5. The molecule has 0 amide bonds. The first-order valence-corrected chi connectivity index (χ1v) is 50.7. The van der Waals surface area contributed by atoms with Crippen LogP contribution in [0.2, 0.25) is 0 Å². The number of fused-ring (bicyclic) bond motifs is 22. The van der Waals surface area contributed by atoms with Gasteiger partial charge in [-0.25, -0.2) is 0 Å². The summed E-state index contributed by atoms with van der Waals surface area (Å²) in [5, 5.41) is 28.4. The maximum absolute atomic E-state index is 2.50. The van der Waals surface area contributed by atoms with E-state index in [1.165, 1.54) is 239 Å². The first kappa shape index (κ1) is 80.8. The van der Waals surface area contributed by atoms with E-state index in [4.69, 9.17) is 0 Å². The quantitative estimate of drug-likeness (QED) is 0.129. The van der Waals surface area contributed by atoms with Crippen LogP contribution in [0.15, 0.2) is 510 Å². The van der Waals surface area contributed by atoms with Crippen molar-refractivity contribution in [1.29, 1.82) is 0 Å². The predicted molar refractivity (Wildman–Crippen MR) is 617 cm³/mol. The van der Waals surface area contributed by atoms with E-state index >= 15 is 0 Å². The van der Waals surface area contributed by atoms with Crippen LogP contribution in [0.3, 0.4) is 0 Å². The highest BCUT2D eigenvalue weighted by Crippen LogP contribution is 2.53. The van der Waals surface area contributed by atoms with Gasteiger partial charge in [-0.2, -0.15) is 0 Å². The van der Waals surface area contributed by atoms with Crippen molar-refractivity contribution in [3.63, 3.8) is 0 Å². The Morgan fingerprint density at radius 3 is 0.931 bits per heavy atom. The van der Waals surface area contributed by atoms with Gasteiger partial charge >= 0.3 is 0 Å². The molecule has 0 fully saturated rings. The first-order chi connectivity index (χ1) is 72.0. The molecule has 33 rings (SSSR count). The Balaban J connectivity index is 0.0000000992. The molecule has 8 nitrogen and oxygen atoms in total. The molecule has 145 heavy (non-hydrogen) atoms. The van der Waals surface area contributed by atoms with Gasteiger partial charge in [-0.3, -0.25) is 0 Å². The molecular weight excluding hydrogens is 1780 g/mol. The van der Waals surface area contributed by atoms with E-state index in [9.17, 15) is 0 Å². The molecule has 10 aromatic heterocycles. The summed E-state index contributed by atoms with van der Waals surface area (Å²) in [4.78, 5) is 4.70. The second-order valence-electron chi connectivity index (χ2n) is 38.4. The van der Waals surface area contributed by atoms with E-state index in [0.717, 1.165) is 45.5 Å².